The van der Waals surface area contributed by atoms with Gasteiger partial charge in [-0.1, -0.05) is 12.2 Å². The zero-order valence-corrected chi connectivity index (χ0v) is 10.3. The number of rotatable bonds is 4. The summed E-state index contributed by atoms with van der Waals surface area (Å²) in [6.07, 6.45) is 14.2. The van der Waals surface area contributed by atoms with Gasteiger partial charge in [0.05, 0.1) is 0 Å². The van der Waals surface area contributed by atoms with Gasteiger partial charge in [0, 0.05) is 5.92 Å². The monoisotopic (exact) mass is 215 g/mol. The van der Waals surface area contributed by atoms with Crippen molar-refractivity contribution in [3.63, 3.8) is 0 Å². The summed E-state index contributed by atoms with van der Waals surface area (Å²) < 4.78 is 0. The fourth-order valence-electron chi connectivity index (χ4n) is 5.18. The lowest BCUT2D eigenvalue weighted by Crippen LogP contribution is -2.48. The van der Waals surface area contributed by atoms with Gasteiger partial charge >= 0.3 is 0 Å². The molecule has 1 radical (unpaired) electrons. The van der Waals surface area contributed by atoms with Gasteiger partial charge in [-0.25, -0.2) is 0 Å². The third kappa shape index (κ3) is 1.49. The van der Waals surface area contributed by atoms with Crippen molar-refractivity contribution in [3.8, 4) is 0 Å². The van der Waals surface area contributed by atoms with Gasteiger partial charge in [0.15, 0.2) is 0 Å². The number of hydrogen-bond donors (Lipinski definition) is 0. The van der Waals surface area contributed by atoms with Crippen LogP contribution in [0.5, 0.6) is 0 Å². The Bertz CT molecular complexity index is 264. The van der Waals surface area contributed by atoms with Crippen molar-refractivity contribution in [1.29, 1.82) is 0 Å². The van der Waals surface area contributed by atoms with E-state index in [9.17, 15) is 0 Å². The first kappa shape index (κ1) is 10.6. The summed E-state index contributed by atoms with van der Waals surface area (Å²) in [5.41, 5.74) is 0.546. The van der Waals surface area contributed by atoms with Crippen LogP contribution in [-0.2, 0) is 0 Å². The highest BCUT2D eigenvalue weighted by Gasteiger charge is 2.53. The van der Waals surface area contributed by atoms with Gasteiger partial charge in [-0.05, 0) is 68.1 Å². The van der Waals surface area contributed by atoms with Crippen LogP contribution < -0.4 is 0 Å². The normalized spacial score (nSPS) is 44.9. The first-order chi connectivity index (χ1) is 7.75. The van der Waals surface area contributed by atoms with E-state index in [2.05, 4.69) is 25.3 Å². The van der Waals surface area contributed by atoms with E-state index in [-0.39, 0.29) is 0 Å². The highest BCUT2D eigenvalue weighted by molar-refractivity contribution is 5.24. The topological polar surface area (TPSA) is 0 Å². The third-order valence-corrected chi connectivity index (χ3v) is 5.33. The fraction of sp³-hybridized carbons (Fsp3) is 0.688. The summed E-state index contributed by atoms with van der Waals surface area (Å²) in [7, 11) is 0. The van der Waals surface area contributed by atoms with Gasteiger partial charge in [0.25, 0.3) is 0 Å². The molecule has 0 aromatic carbocycles. The van der Waals surface area contributed by atoms with Gasteiger partial charge in [0.2, 0.25) is 0 Å². The summed E-state index contributed by atoms with van der Waals surface area (Å²) in [6, 6.07) is 0. The highest BCUT2D eigenvalue weighted by atomic mass is 14.6. The molecule has 0 aliphatic heterocycles. The molecule has 4 fully saturated rings. The van der Waals surface area contributed by atoms with Crippen molar-refractivity contribution < 1.29 is 0 Å². The van der Waals surface area contributed by atoms with Gasteiger partial charge in [-0.3, -0.25) is 0 Å². The summed E-state index contributed by atoms with van der Waals surface area (Å²) in [5, 5.41) is 0. The van der Waals surface area contributed by atoms with E-state index < -0.39 is 0 Å². The summed E-state index contributed by atoms with van der Waals surface area (Å²) in [4.78, 5) is 0. The SMILES string of the molecule is C=CC[C](C=C)C12CC3CC(CC(C3)C1)C2. The van der Waals surface area contributed by atoms with Gasteiger partial charge in [-0.15, -0.1) is 13.2 Å². The van der Waals surface area contributed by atoms with E-state index in [0.717, 1.165) is 24.2 Å². The van der Waals surface area contributed by atoms with Crippen LogP contribution in [0.1, 0.15) is 44.9 Å². The van der Waals surface area contributed by atoms with E-state index in [4.69, 9.17) is 0 Å². The second-order valence-corrected chi connectivity index (χ2v) is 6.42. The quantitative estimate of drug-likeness (QED) is 0.604. The molecule has 0 amide bonds. The van der Waals surface area contributed by atoms with Crippen LogP contribution in [0.25, 0.3) is 0 Å². The first-order valence-electron chi connectivity index (χ1n) is 6.85. The van der Waals surface area contributed by atoms with Crippen molar-refractivity contribution in [1.82, 2.24) is 0 Å². The predicted molar refractivity (Wildman–Crippen MR) is 68.9 cm³/mol. The maximum Gasteiger partial charge on any atom is 0.00692 e. The smallest absolute Gasteiger partial charge is 0.00692 e. The van der Waals surface area contributed by atoms with Crippen molar-refractivity contribution >= 4 is 0 Å². The largest absolute Gasteiger partial charge is 0.103 e. The minimum absolute atomic E-state index is 0.546. The Morgan fingerprint density at radius 2 is 1.50 bits per heavy atom. The molecule has 4 saturated carbocycles. The van der Waals surface area contributed by atoms with Crippen molar-refractivity contribution in [2.75, 3.05) is 0 Å². The minimum atomic E-state index is 0.546. The van der Waals surface area contributed by atoms with E-state index in [1.54, 1.807) is 5.92 Å². The van der Waals surface area contributed by atoms with Gasteiger partial charge in [-0.2, -0.15) is 0 Å². The minimum Gasteiger partial charge on any atom is -0.103 e. The van der Waals surface area contributed by atoms with Gasteiger partial charge in [0.1, 0.15) is 0 Å². The Balaban J connectivity index is 1.86. The molecule has 0 unspecified atom stereocenters. The molecule has 0 aromatic rings. The fourth-order valence-corrected chi connectivity index (χ4v) is 5.18. The van der Waals surface area contributed by atoms with Crippen LogP contribution in [0.3, 0.4) is 0 Å². The molecule has 4 rings (SSSR count). The van der Waals surface area contributed by atoms with E-state index in [1.165, 1.54) is 38.5 Å². The Hall–Kier alpha value is -0.520. The number of hydrogen-bond acceptors (Lipinski definition) is 0. The predicted octanol–water partition coefficient (Wildman–Crippen LogP) is 4.54. The summed E-state index contributed by atoms with van der Waals surface area (Å²) >= 11 is 0. The average Bonchev–Trinajstić information content (AvgIpc) is 2.23. The van der Waals surface area contributed by atoms with Crippen molar-refractivity contribution in [3.05, 3.63) is 31.2 Å². The first-order valence-corrected chi connectivity index (χ1v) is 6.85. The molecule has 0 heterocycles. The third-order valence-electron chi connectivity index (χ3n) is 5.33. The van der Waals surface area contributed by atoms with Crippen LogP contribution in [0.15, 0.2) is 25.3 Å². The number of allylic oxidation sites excluding steroid dienone is 2. The molecule has 4 aliphatic rings. The molecule has 4 bridgehead atoms. The lowest BCUT2D eigenvalue weighted by molar-refractivity contribution is -0.0410. The van der Waals surface area contributed by atoms with Crippen LogP contribution in [0.2, 0.25) is 0 Å². The molecule has 0 nitrogen and oxygen atoms in total. The average molecular weight is 215 g/mol. The molecule has 4 aliphatic carbocycles. The zero-order chi connectivity index (χ0) is 11.2. The maximum absolute atomic E-state index is 4.05. The molecule has 0 spiro atoms. The molecule has 0 atom stereocenters. The Labute approximate surface area is 99.8 Å². The Morgan fingerprint density at radius 1 is 1.00 bits per heavy atom. The van der Waals surface area contributed by atoms with E-state index >= 15 is 0 Å². The molecule has 0 N–H and O–H groups in total. The van der Waals surface area contributed by atoms with Gasteiger partial charge < -0.3 is 0 Å². The lowest BCUT2D eigenvalue weighted by atomic mass is 9.46. The molecule has 0 saturated heterocycles. The molecule has 16 heavy (non-hydrogen) atoms. The van der Waals surface area contributed by atoms with Crippen LogP contribution in [-0.4, -0.2) is 0 Å². The molecule has 0 aromatic heterocycles. The zero-order valence-electron chi connectivity index (χ0n) is 10.3. The van der Waals surface area contributed by atoms with Crippen molar-refractivity contribution in [2.45, 2.75) is 44.9 Å². The second-order valence-electron chi connectivity index (χ2n) is 6.42. The van der Waals surface area contributed by atoms with Crippen LogP contribution in [0, 0.1) is 29.1 Å². The van der Waals surface area contributed by atoms with E-state index in [1.807, 2.05) is 0 Å². The molecular weight excluding hydrogens is 192 g/mol. The summed E-state index contributed by atoms with van der Waals surface area (Å²) in [5.74, 6) is 4.70. The lowest BCUT2D eigenvalue weighted by Gasteiger charge is -2.59. The standard InChI is InChI=1S/C16H23/c1-3-5-15(4-2)16-9-12-6-13(10-16)8-14(7-12)11-16/h3-4,12-14H,1-2,5-11H2. The van der Waals surface area contributed by atoms with Crippen LogP contribution >= 0.6 is 0 Å². The molecule has 87 valence electrons. The second kappa shape index (κ2) is 3.75. The Kier molecular flexibility index (Phi) is 2.49. The van der Waals surface area contributed by atoms with E-state index in [0.29, 0.717) is 5.41 Å². The van der Waals surface area contributed by atoms with Crippen LogP contribution in [0.4, 0.5) is 0 Å². The summed E-state index contributed by atoms with van der Waals surface area (Å²) in [6.45, 7) is 7.96. The Morgan fingerprint density at radius 3 is 1.88 bits per heavy atom. The molecule has 0 heteroatoms. The highest BCUT2D eigenvalue weighted by Crippen LogP contribution is 2.63. The maximum atomic E-state index is 4.05. The van der Waals surface area contributed by atoms with Crippen molar-refractivity contribution in [2.24, 2.45) is 23.2 Å². The molecular formula is C16H23.